The van der Waals surface area contributed by atoms with Gasteiger partial charge in [0.25, 0.3) is 0 Å². The van der Waals surface area contributed by atoms with E-state index in [-0.39, 0.29) is 5.41 Å². The van der Waals surface area contributed by atoms with Crippen LogP contribution in [0.5, 0.6) is 5.75 Å². The fourth-order valence-electron chi connectivity index (χ4n) is 2.32. The number of ether oxygens (including phenoxy) is 1. The van der Waals surface area contributed by atoms with Crippen LogP contribution in [0.4, 0.5) is 5.69 Å². The van der Waals surface area contributed by atoms with Gasteiger partial charge in [0, 0.05) is 0 Å². The predicted octanol–water partition coefficient (Wildman–Crippen LogP) is 5.29. The summed E-state index contributed by atoms with van der Waals surface area (Å²) in [6.45, 7) is 6.45. The standard InChI is InChI=1S/C18H20NO.2ClH.Ti/c1-18(2,3)15-10-14(11-17(12-15)20-4)13-19-16-8-6-5-7-9-16;;;/h5-9,11-13H,1-4H3;2*1H;/q;;;+2/p-2. The van der Waals surface area contributed by atoms with Crippen LogP contribution < -0.4 is 8.61 Å². The van der Waals surface area contributed by atoms with Crippen molar-refractivity contribution in [3.05, 3.63) is 53.6 Å². The van der Waals surface area contributed by atoms with Crippen LogP contribution in [0.3, 0.4) is 0 Å². The van der Waals surface area contributed by atoms with Gasteiger partial charge < -0.3 is 0 Å². The third-order valence-corrected chi connectivity index (χ3v) is 6.50. The Morgan fingerprint density at radius 1 is 1.09 bits per heavy atom. The Balaban J connectivity index is 2.59. The van der Waals surface area contributed by atoms with Gasteiger partial charge >= 0.3 is 152 Å². The van der Waals surface area contributed by atoms with E-state index in [4.69, 9.17) is 23.3 Å². The van der Waals surface area contributed by atoms with E-state index in [9.17, 15) is 0 Å². The SMILES string of the molecule is COc1cc(C=Nc2ccccc2)[c]([Ti]([Cl])[Cl])c(C(C)(C)C)c1. The van der Waals surface area contributed by atoms with Gasteiger partial charge in [-0.15, -0.1) is 0 Å². The quantitative estimate of drug-likeness (QED) is 0.518. The second kappa shape index (κ2) is 7.85. The van der Waals surface area contributed by atoms with Crippen LogP contribution in [0.2, 0.25) is 0 Å². The molecule has 23 heavy (non-hydrogen) atoms. The Morgan fingerprint density at radius 3 is 2.26 bits per heavy atom. The van der Waals surface area contributed by atoms with E-state index in [1.165, 1.54) is 0 Å². The van der Waals surface area contributed by atoms with Gasteiger partial charge in [-0.25, -0.2) is 0 Å². The van der Waals surface area contributed by atoms with Gasteiger partial charge in [-0.3, -0.25) is 0 Å². The van der Waals surface area contributed by atoms with E-state index >= 15 is 0 Å². The molecule has 0 radical (unpaired) electrons. The Bertz CT molecular complexity index is 694. The monoisotopic (exact) mass is 384 g/mol. The summed E-state index contributed by atoms with van der Waals surface area (Å²) in [6, 6.07) is 13.8. The average molecular weight is 385 g/mol. The molecule has 0 aromatic heterocycles. The van der Waals surface area contributed by atoms with Gasteiger partial charge in [-0.05, 0) is 0 Å². The Morgan fingerprint density at radius 2 is 1.74 bits per heavy atom. The van der Waals surface area contributed by atoms with Crippen molar-refractivity contribution in [2.45, 2.75) is 26.2 Å². The van der Waals surface area contributed by atoms with Gasteiger partial charge in [0.1, 0.15) is 0 Å². The number of para-hydroxylation sites is 1. The molecule has 0 aliphatic rings. The number of nitrogens with zero attached hydrogens (tertiary/aromatic N) is 1. The first-order valence-electron chi connectivity index (χ1n) is 7.33. The number of halogens is 2. The molecule has 0 spiro atoms. The van der Waals surface area contributed by atoms with E-state index in [2.05, 4.69) is 25.8 Å². The zero-order valence-electron chi connectivity index (χ0n) is 13.7. The van der Waals surface area contributed by atoms with E-state index in [0.717, 1.165) is 26.4 Å². The summed E-state index contributed by atoms with van der Waals surface area (Å²) in [4.78, 5) is 4.55. The van der Waals surface area contributed by atoms with E-state index in [1.54, 1.807) is 7.11 Å². The molecule has 0 aliphatic heterocycles. The maximum atomic E-state index is 6.43. The molecule has 0 aliphatic carbocycles. The Labute approximate surface area is 152 Å². The van der Waals surface area contributed by atoms with Gasteiger partial charge in [0.05, 0.1) is 0 Å². The predicted molar refractivity (Wildman–Crippen MR) is 96.7 cm³/mol. The number of hydrogen-bond acceptors (Lipinski definition) is 2. The summed E-state index contributed by atoms with van der Waals surface area (Å²) >= 11 is -2.35. The van der Waals surface area contributed by atoms with Crippen LogP contribution >= 0.6 is 18.6 Å². The molecule has 0 atom stereocenters. The molecule has 5 heteroatoms. The van der Waals surface area contributed by atoms with E-state index in [1.807, 2.05) is 48.7 Å². The van der Waals surface area contributed by atoms with Gasteiger partial charge in [0.2, 0.25) is 0 Å². The molecule has 0 amide bonds. The minimum atomic E-state index is -2.35. The molecule has 0 unspecified atom stereocenters. The normalized spacial score (nSPS) is 11.7. The third-order valence-electron chi connectivity index (χ3n) is 3.48. The molecular formula is C18H20Cl2NOTi. The second-order valence-electron chi connectivity index (χ2n) is 6.24. The molecule has 0 heterocycles. The first kappa shape index (κ1) is 18.5. The van der Waals surface area contributed by atoms with Crippen molar-refractivity contribution in [2.24, 2.45) is 4.99 Å². The Hall–Kier alpha value is -0.796. The average Bonchev–Trinajstić information content (AvgIpc) is 2.51. The number of hydrogen-bond donors (Lipinski definition) is 0. The van der Waals surface area contributed by atoms with Gasteiger partial charge in [-0.1, -0.05) is 0 Å². The number of benzene rings is 2. The fourth-order valence-corrected chi connectivity index (χ4v) is 5.63. The van der Waals surface area contributed by atoms with Crippen molar-refractivity contribution in [3.8, 4) is 5.75 Å². The first-order valence-corrected chi connectivity index (χ1v) is 12.4. The molecular weight excluding hydrogens is 365 g/mol. The van der Waals surface area contributed by atoms with Crippen molar-refractivity contribution >= 4 is 34.4 Å². The minimum absolute atomic E-state index is 0.0682. The van der Waals surface area contributed by atoms with Crippen molar-refractivity contribution in [3.63, 3.8) is 0 Å². The first-order chi connectivity index (χ1) is 10.8. The zero-order valence-corrected chi connectivity index (χ0v) is 16.8. The maximum absolute atomic E-state index is 6.43. The topological polar surface area (TPSA) is 21.6 Å². The third kappa shape index (κ3) is 4.84. The molecule has 0 saturated heterocycles. The number of rotatable bonds is 4. The fraction of sp³-hybridized carbons (Fsp3) is 0.278. The molecule has 2 nitrogen and oxygen atoms in total. The molecule has 2 rings (SSSR count). The van der Waals surface area contributed by atoms with E-state index in [0.29, 0.717) is 0 Å². The van der Waals surface area contributed by atoms with E-state index < -0.39 is 15.7 Å². The molecule has 121 valence electrons. The van der Waals surface area contributed by atoms with Gasteiger partial charge in [0.15, 0.2) is 0 Å². The number of aliphatic imine (C=N–C) groups is 1. The molecule has 0 N–H and O–H groups in total. The van der Waals surface area contributed by atoms with Crippen molar-refractivity contribution in [1.82, 2.24) is 0 Å². The summed E-state index contributed by atoms with van der Waals surface area (Å²) in [5, 5.41) is 0. The van der Waals surface area contributed by atoms with Crippen molar-refractivity contribution < 1.29 is 20.5 Å². The Kier molecular flexibility index (Phi) is 6.33. The van der Waals surface area contributed by atoms with Crippen LogP contribution in [0.1, 0.15) is 31.9 Å². The molecule has 0 bridgehead atoms. The summed E-state index contributed by atoms with van der Waals surface area (Å²) in [5.74, 6) is 0.793. The van der Waals surface area contributed by atoms with Crippen molar-refractivity contribution in [1.29, 1.82) is 0 Å². The summed E-state index contributed by atoms with van der Waals surface area (Å²) in [7, 11) is 14.5. The van der Waals surface area contributed by atoms with Crippen LogP contribution in [0.15, 0.2) is 47.5 Å². The van der Waals surface area contributed by atoms with Crippen LogP contribution in [-0.4, -0.2) is 13.3 Å². The molecule has 0 saturated carbocycles. The zero-order chi connectivity index (χ0) is 17.0. The van der Waals surface area contributed by atoms with Crippen LogP contribution in [0.25, 0.3) is 0 Å². The molecule has 2 aromatic rings. The van der Waals surface area contributed by atoms with Crippen LogP contribution in [0, 0.1) is 0 Å². The molecule has 0 fully saturated rings. The van der Waals surface area contributed by atoms with Crippen molar-refractivity contribution in [2.75, 3.05) is 7.11 Å². The summed E-state index contributed by atoms with van der Waals surface area (Å²) < 4.78 is 6.49. The van der Waals surface area contributed by atoms with Gasteiger partial charge in [-0.2, -0.15) is 0 Å². The summed E-state index contributed by atoms with van der Waals surface area (Å²) in [5.41, 5.74) is 2.90. The van der Waals surface area contributed by atoms with Crippen LogP contribution in [-0.2, 0) is 21.2 Å². The summed E-state index contributed by atoms with van der Waals surface area (Å²) in [6.07, 6.45) is 1.83. The number of methoxy groups -OCH3 is 1. The molecule has 2 aromatic carbocycles. The second-order valence-corrected chi connectivity index (χ2v) is 11.8.